The van der Waals surface area contributed by atoms with Gasteiger partial charge in [-0.2, -0.15) is 0 Å². The van der Waals surface area contributed by atoms with Crippen LogP contribution in [-0.2, 0) is 4.79 Å². The van der Waals surface area contributed by atoms with Crippen molar-refractivity contribution in [3.63, 3.8) is 0 Å². The lowest BCUT2D eigenvalue weighted by atomic mass is 9.91. The molecule has 0 aliphatic carbocycles. The van der Waals surface area contributed by atoms with Crippen LogP contribution in [0.15, 0.2) is 53.0 Å². The second-order valence-corrected chi connectivity index (χ2v) is 7.26. The van der Waals surface area contributed by atoms with Gasteiger partial charge in [-0.15, -0.1) is 0 Å². The molecule has 1 aliphatic rings. The average molecular weight is 404 g/mol. The Morgan fingerprint density at radius 1 is 1.20 bits per heavy atom. The van der Waals surface area contributed by atoms with E-state index in [4.69, 9.17) is 4.74 Å². The number of likely N-dealkylation sites (tertiary alicyclic amines) is 1. The SMILES string of the molecule is COc1ccc(Br)cc1C(c1ccccc1)N1CCC(C(=O)O)CC1. The summed E-state index contributed by atoms with van der Waals surface area (Å²) in [6.45, 7) is 1.51. The summed E-state index contributed by atoms with van der Waals surface area (Å²) in [4.78, 5) is 13.6. The maximum atomic E-state index is 11.3. The molecule has 2 aromatic carbocycles. The first kappa shape index (κ1) is 18.0. The van der Waals surface area contributed by atoms with Crippen molar-refractivity contribution in [2.45, 2.75) is 18.9 Å². The summed E-state index contributed by atoms with van der Waals surface area (Å²) in [5.41, 5.74) is 2.28. The fraction of sp³-hybridized carbons (Fsp3) is 0.350. The summed E-state index contributed by atoms with van der Waals surface area (Å²) >= 11 is 3.57. The van der Waals surface area contributed by atoms with Crippen LogP contribution in [0.5, 0.6) is 5.75 Å². The first-order valence-corrected chi connectivity index (χ1v) is 9.24. The van der Waals surface area contributed by atoms with Gasteiger partial charge < -0.3 is 9.84 Å². The molecule has 0 bridgehead atoms. The second-order valence-electron chi connectivity index (χ2n) is 6.35. The van der Waals surface area contributed by atoms with Crippen molar-refractivity contribution in [1.29, 1.82) is 0 Å². The summed E-state index contributed by atoms with van der Waals surface area (Å²) in [5.74, 6) is -0.0783. The molecule has 3 rings (SSSR count). The van der Waals surface area contributed by atoms with Crippen molar-refractivity contribution >= 4 is 21.9 Å². The Kier molecular flexibility index (Phi) is 5.76. The number of nitrogens with zero attached hydrogens (tertiary/aromatic N) is 1. The summed E-state index contributed by atoms with van der Waals surface area (Å²) in [6, 6.07) is 16.4. The van der Waals surface area contributed by atoms with E-state index < -0.39 is 5.97 Å². The number of aliphatic carboxylic acids is 1. The zero-order valence-corrected chi connectivity index (χ0v) is 15.8. The summed E-state index contributed by atoms with van der Waals surface area (Å²) in [7, 11) is 1.69. The molecule has 1 fully saturated rings. The Morgan fingerprint density at radius 3 is 2.48 bits per heavy atom. The first-order chi connectivity index (χ1) is 12.1. The molecule has 1 unspecified atom stereocenters. The van der Waals surface area contributed by atoms with E-state index in [0.29, 0.717) is 12.8 Å². The second kappa shape index (κ2) is 8.02. The third-order valence-corrected chi connectivity index (χ3v) is 5.34. The van der Waals surface area contributed by atoms with E-state index in [9.17, 15) is 9.90 Å². The number of piperidine rings is 1. The molecule has 1 heterocycles. The number of benzene rings is 2. The minimum atomic E-state index is -0.684. The van der Waals surface area contributed by atoms with Gasteiger partial charge in [0.15, 0.2) is 0 Å². The Balaban J connectivity index is 1.98. The highest BCUT2D eigenvalue weighted by molar-refractivity contribution is 9.10. The maximum absolute atomic E-state index is 11.3. The number of carboxylic acid groups (broad SMARTS) is 1. The monoisotopic (exact) mass is 403 g/mol. The van der Waals surface area contributed by atoms with Gasteiger partial charge in [-0.3, -0.25) is 9.69 Å². The van der Waals surface area contributed by atoms with Crippen molar-refractivity contribution in [2.75, 3.05) is 20.2 Å². The van der Waals surface area contributed by atoms with Crippen molar-refractivity contribution in [2.24, 2.45) is 5.92 Å². The number of halogens is 1. The molecular formula is C20H22BrNO3. The van der Waals surface area contributed by atoms with Gasteiger partial charge in [0.25, 0.3) is 0 Å². The van der Waals surface area contributed by atoms with Crippen molar-refractivity contribution in [1.82, 2.24) is 4.90 Å². The number of hydrogen-bond acceptors (Lipinski definition) is 3. The third kappa shape index (κ3) is 4.05. The van der Waals surface area contributed by atoms with Gasteiger partial charge in [-0.05, 0) is 49.7 Å². The number of ether oxygens (including phenoxy) is 1. The van der Waals surface area contributed by atoms with Crippen molar-refractivity contribution < 1.29 is 14.6 Å². The Bertz CT molecular complexity index is 727. The number of rotatable bonds is 5. The van der Waals surface area contributed by atoms with E-state index >= 15 is 0 Å². The summed E-state index contributed by atoms with van der Waals surface area (Å²) in [6.07, 6.45) is 1.35. The predicted octanol–water partition coefficient (Wildman–Crippen LogP) is 4.34. The van der Waals surface area contributed by atoms with Gasteiger partial charge in [0, 0.05) is 10.0 Å². The standard InChI is InChI=1S/C20H22BrNO3/c1-25-18-8-7-16(21)13-17(18)19(14-5-3-2-4-6-14)22-11-9-15(10-12-22)20(23)24/h2-8,13,15,19H,9-12H2,1H3,(H,23,24). The normalized spacial score (nSPS) is 17.2. The number of hydrogen-bond donors (Lipinski definition) is 1. The quantitative estimate of drug-likeness (QED) is 0.806. The Hall–Kier alpha value is -1.85. The van der Waals surface area contributed by atoms with E-state index in [-0.39, 0.29) is 12.0 Å². The van der Waals surface area contributed by atoms with Gasteiger partial charge in [0.1, 0.15) is 5.75 Å². The van der Waals surface area contributed by atoms with Crippen LogP contribution in [0, 0.1) is 5.92 Å². The van der Waals surface area contributed by atoms with Gasteiger partial charge in [0.2, 0.25) is 0 Å². The van der Waals surface area contributed by atoms with Crippen LogP contribution >= 0.6 is 15.9 Å². The van der Waals surface area contributed by atoms with Crippen LogP contribution in [0.2, 0.25) is 0 Å². The van der Waals surface area contributed by atoms with Gasteiger partial charge in [-0.25, -0.2) is 0 Å². The van der Waals surface area contributed by atoms with E-state index in [1.807, 2.05) is 30.3 Å². The molecule has 5 heteroatoms. The molecule has 1 atom stereocenters. The molecule has 0 saturated carbocycles. The predicted molar refractivity (Wildman–Crippen MR) is 101 cm³/mol. The van der Waals surface area contributed by atoms with E-state index in [2.05, 4.69) is 39.0 Å². The molecule has 25 heavy (non-hydrogen) atoms. The van der Waals surface area contributed by atoms with Gasteiger partial charge in [-0.1, -0.05) is 46.3 Å². The van der Waals surface area contributed by atoms with Crippen LogP contribution in [-0.4, -0.2) is 36.2 Å². The van der Waals surface area contributed by atoms with Crippen LogP contribution < -0.4 is 4.74 Å². The molecule has 4 nitrogen and oxygen atoms in total. The van der Waals surface area contributed by atoms with E-state index in [0.717, 1.165) is 28.9 Å². The highest BCUT2D eigenvalue weighted by Gasteiger charge is 2.31. The molecule has 0 spiro atoms. The number of methoxy groups -OCH3 is 1. The largest absolute Gasteiger partial charge is 0.496 e. The number of carbonyl (C=O) groups is 1. The lowest BCUT2D eigenvalue weighted by Gasteiger charge is -2.37. The highest BCUT2D eigenvalue weighted by atomic mass is 79.9. The molecule has 1 N–H and O–H groups in total. The number of carboxylic acids is 1. The van der Waals surface area contributed by atoms with Crippen molar-refractivity contribution in [3.8, 4) is 5.75 Å². The summed E-state index contributed by atoms with van der Waals surface area (Å²) < 4.78 is 6.62. The van der Waals surface area contributed by atoms with Crippen LogP contribution in [0.1, 0.15) is 30.0 Å². The maximum Gasteiger partial charge on any atom is 0.306 e. The van der Waals surface area contributed by atoms with E-state index in [1.165, 1.54) is 5.56 Å². The fourth-order valence-corrected chi connectivity index (χ4v) is 3.92. The molecule has 0 radical (unpaired) electrons. The van der Waals surface area contributed by atoms with Gasteiger partial charge >= 0.3 is 5.97 Å². The lowest BCUT2D eigenvalue weighted by molar-refractivity contribution is -0.143. The first-order valence-electron chi connectivity index (χ1n) is 8.45. The minimum Gasteiger partial charge on any atom is -0.496 e. The molecule has 132 valence electrons. The highest BCUT2D eigenvalue weighted by Crippen LogP contribution is 2.38. The Labute approximate surface area is 156 Å². The fourth-order valence-electron chi connectivity index (χ4n) is 3.55. The molecule has 1 saturated heterocycles. The minimum absolute atomic E-state index is 0.0448. The van der Waals surface area contributed by atoms with Crippen LogP contribution in [0.4, 0.5) is 0 Å². The van der Waals surface area contributed by atoms with Crippen molar-refractivity contribution in [3.05, 3.63) is 64.1 Å². The van der Waals surface area contributed by atoms with E-state index in [1.54, 1.807) is 7.11 Å². The third-order valence-electron chi connectivity index (χ3n) is 4.85. The summed E-state index contributed by atoms with van der Waals surface area (Å²) in [5, 5.41) is 9.27. The smallest absolute Gasteiger partial charge is 0.306 e. The molecule has 0 amide bonds. The van der Waals surface area contributed by atoms with Crippen LogP contribution in [0.25, 0.3) is 0 Å². The Morgan fingerprint density at radius 2 is 1.88 bits per heavy atom. The molecule has 0 aromatic heterocycles. The zero-order chi connectivity index (χ0) is 17.8. The zero-order valence-electron chi connectivity index (χ0n) is 14.2. The average Bonchev–Trinajstić information content (AvgIpc) is 2.63. The lowest BCUT2D eigenvalue weighted by Crippen LogP contribution is -2.39. The molecule has 2 aromatic rings. The molecular weight excluding hydrogens is 382 g/mol. The topological polar surface area (TPSA) is 49.8 Å². The van der Waals surface area contributed by atoms with Crippen LogP contribution in [0.3, 0.4) is 0 Å². The van der Waals surface area contributed by atoms with Gasteiger partial charge in [0.05, 0.1) is 19.1 Å². The molecule has 1 aliphatic heterocycles.